The van der Waals surface area contributed by atoms with Crippen LogP contribution in [0.4, 0.5) is 0 Å². The fourth-order valence-corrected chi connectivity index (χ4v) is 3.52. The van der Waals surface area contributed by atoms with Crippen LogP contribution in [0.5, 0.6) is 5.75 Å². The van der Waals surface area contributed by atoms with Crippen LogP contribution < -0.4 is 10.1 Å². The molecule has 140 valence electrons. The van der Waals surface area contributed by atoms with Crippen molar-refractivity contribution >= 4 is 5.91 Å². The first kappa shape index (κ1) is 18.5. The van der Waals surface area contributed by atoms with Gasteiger partial charge < -0.3 is 14.8 Å². The van der Waals surface area contributed by atoms with Crippen LogP contribution in [0, 0.1) is 13.8 Å². The highest BCUT2D eigenvalue weighted by molar-refractivity contribution is 5.94. The van der Waals surface area contributed by atoms with E-state index < -0.39 is 0 Å². The second-order valence-corrected chi connectivity index (χ2v) is 7.00. The minimum atomic E-state index is -0.119. The molecule has 2 atom stereocenters. The van der Waals surface area contributed by atoms with Gasteiger partial charge in [-0.2, -0.15) is 5.10 Å². The van der Waals surface area contributed by atoms with Crippen LogP contribution >= 0.6 is 0 Å². The molecule has 0 aliphatic carbocycles. The molecule has 26 heavy (non-hydrogen) atoms. The second-order valence-electron chi connectivity index (χ2n) is 7.00. The van der Waals surface area contributed by atoms with Crippen LogP contribution in [0.25, 0.3) is 0 Å². The minimum absolute atomic E-state index is 0.0843. The van der Waals surface area contributed by atoms with E-state index in [9.17, 15) is 4.79 Å². The lowest BCUT2D eigenvalue weighted by atomic mass is 9.99. The lowest BCUT2D eigenvalue weighted by Crippen LogP contribution is -2.31. The number of amides is 1. The van der Waals surface area contributed by atoms with Gasteiger partial charge in [0.1, 0.15) is 18.1 Å². The first-order valence-corrected chi connectivity index (χ1v) is 9.06. The van der Waals surface area contributed by atoms with Crippen molar-refractivity contribution in [2.24, 2.45) is 7.05 Å². The zero-order valence-corrected chi connectivity index (χ0v) is 16.1. The summed E-state index contributed by atoms with van der Waals surface area (Å²) in [6.07, 6.45) is 0.699. The molecule has 6 heteroatoms. The van der Waals surface area contributed by atoms with Gasteiger partial charge in [-0.15, -0.1) is 0 Å². The predicted octanol–water partition coefficient (Wildman–Crippen LogP) is 2.87. The van der Waals surface area contributed by atoms with Crippen molar-refractivity contribution in [1.82, 2.24) is 15.1 Å². The van der Waals surface area contributed by atoms with Crippen LogP contribution in [0.15, 0.2) is 18.2 Å². The normalized spacial score (nSPS) is 19.1. The molecular formula is C20H27N3O3. The molecule has 1 aromatic carbocycles. The predicted molar refractivity (Wildman–Crippen MR) is 99.6 cm³/mol. The van der Waals surface area contributed by atoms with Crippen LogP contribution in [0.1, 0.15) is 52.8 Å². The SMILES string of the molecule is Cc1ccc(OCCNC(=O)c2c3c(nn2C)[C@H](C)O[C@H](C)C3)c(C)c1. The number of nitrogens with zero attached hydrogens (tertiary/aromatic N) is 2. The van der Waals surface area contributed by atoms with Gasteiger partial charge in [-0.05, 0) is 39.3 Å². The Hall–Kier alpha value is -2.34. The van der Waals surface area contributed by atoms with Gasteiger partial charge in [0.15, 0.2) is 0 Å². The van der Waals surface area contributed by atoms with Gasteiger partial charge in [0, 0.05) is 19.0 Å². The number of ether oxygens (including phenoxy) is 2. The third-order valence-corrected chi connectivity index (χ3v) is 4.68. The summed E-state index contributed by atoms with van der Waals surface area (Å²) >= 11 is 0. The Morgan fingerprint density at radius 1 is 1.38 bits per heavy atom. The van der Waals surface area contributed by atoms with Crippen molar-refractivity contribution in [3.63, 3.8) is 0 Å². The number of hydrogen-bond acceptors (Lipinski definition) is 4. The minimum Gasteiger partial charge on any atom is -0.491 e. The molecule has 0 radical (unpaired) electrons. The monoisotopic (exact) mass is 357 g/mol. The zero-order chi connectivity index (χ0) is 18.8. The molecule has 3 rings (SSSR count). The number of nitrogens with one attached hydrogen (secondary N) is 1. The lowest BCUT2D eigenvalue weighted by Gasteiger charge is -2.24. The first-order chi connectivity index (χ1) is 12.4. The average Bonchev–Trinajstić information content (AvgIpc) is 2.89. The smallest absolute Gasteiger partial charge is 0.269 e. The standard InChI is InChI=1S/C20H27N3O3/c1-12-6-7-17(13(2)10-12)25-9-8-21-20(24)19-16-11-14(3)26-15(4)18(16)22-23(19)5/h6-7,10,14-15H,8-9,11H2,1-5H3,(H,21,24)/t14-,15+/m1/s1. The highest BCUT2D eigenvalue weighted by Gasteiger charge is 2.31. The van der Waals surface area contributed by atoms with Crippen molar-refractivity contribution in [2.45, 2.75) is 46.3 Å². The number of aromatic nitrogens is 2. The molecule has 2 aromatic rings. The molecule has 1 aliphatic heterocycles. The Morgan fingerprint density at radius 3 is 2.88 bits per heavy atom. The summed E-state index contributed by atoms with van der Waals surface area (Å²) < 4.78 is 13.2. The summed E-state index contributed by atoms with van der Waals surface area (Å²) in [5, 5.41) is 7.42. The van der Waals surface area contributed by atoms with Gasteiger partial charge >= 0.3 is 0 Å². The van der Waals surface area contributed by atoms with Crippen LogP contribution in [0.3, 0.4) is 0 Å². The van der Waals surface area contributed by atoms with Crippen molar-refractivity contribution < 1.29 is 14.3 Å². The molecule has 0 saturated heterocycles. The Kier molecular flexibility index (Phi) is 5.32. The maximum absolute atomic E-state index is 12.7. The van der Waals surface area contributed by atoms with Gasteiger partial charge in [0.2, 0.25) is 0 Å². The van der Waals surface area contributed by atoms with E-state index in [0.29, 0.717) is 25.3 Å². The highest BCUT2D eigenvalue weighted by atomic mass is 16.5. The topological polar surface area (TPSA) is 65.4 Å². The number of aryl methyl sites for hydroxylation is 3. The van der Waals surface area contributed by atoms with E-state index in [1.165, 1.54) is 5.56 Å². The number of fused-ring (bicyclic) bond motifs is 1. The fraction of sp³-hybridized carbons (Fsp3) is 0.500. The van der Waals surface area contributed by atoms with Crippen LogP contribution in [-0.2, 0) is 18.2 Å². The van der Waals surface area contributed by atoms with Gasteiger partial charge in [-0.25, -0.2) is 0 Å². The van der Waals surface area contributed by atoms with E-state index in [4.69, 9.17) is 9.47 Å². The molecule has 0 fully saturated rings. The highest BCUT2D eigenvalue weighted by Crippen LogP contribution is 2.31. The number of carbonyl (C=O) groups excluding carboxylic acids is 1. The maximum atomic E-state index is 12.7. The third-order valence-electron chi connectivity index (χ3n) is 4.68. The molecule has 0 spiro atoms. The Bertz CT molecular complexity index is 813. The summed E-state index contributed by atoms with van der Waals surface area (Å²) in [5.74, 6) is 0.731. The summed E-state index contributed by atoms with van der Waals surface area (Å²) in [6.45, 7) is 8.93. The molecule has 1 amide bonds. The van der Waals surface area contributed by atoms with Gasteiger partial charge in [0.25, 0.3) is 5.91 Å². The molecule has 2 heterocycles. The molecule has 6 nitrogen and oxygen atoms in total. The Labute approximate surface area is 154 Å². The summed E-state index contributed by atoms with van der Waals surface area (Å²) in [7, 11) is 1.80. The fourth-order valence-electron chi connectivity index (χ4n) is 3.52. The Morgan fingerprint density at radius 2 is 2.15 bits per heavy atom. The van der Waals surface area contributed by atoms with E-state index in [1.807, 2.05) is 32.9 Å². The number of benzene rings is 1. The first-order valence-electron chi connectivity index (χ1n) is 9.06. The zero-order valence-electron chi connectivity index (χ0n) is 16.1. The second kappa shape index (κ2) is 7.50. The molecule has 1 aliphatic rings. The van der Waals surface area contributed by atoms with Crippen molar-refractivity contribution in [3.8, 4) is 5.75 Å². The van der Waals surface area contributed by atoms with Crippen molar-refractivity contribution in [3.05, 3.63) is 46.3 Å². The summed E-state index contributed by atoms with van der Waals surface area (Å²) in [4.78, 5) is 12.7. The van der Waals surface area contributed by atoms with Gasteiger partial charge in [0.05, 0.1) is 24.4 Å². The molecule has 0 saturated carbocycles. The van der Waals surface area contributed by atoms with Crippen molar-refractivity contribution in [1.29, 1.82) is 0 Å². The molecular weight excluding hydrogens is 330 g/mol. The van der Waals surface area contributed by atoms with Crippen LogP contribution in [0.2, 0.25) is 0 Å². The van der Waals surface area contributed by atoms with Gasteiger partial charge in [-0.3, -0.25) is 9.48 Å². The van der Waals surface area contributed by atoms with Crippen molar-refractivity contribution in [2.75, 3.05) is 13.2 Å². The number of carbonyl (C=O) groups is 1. The van der Waals surface area contributed by atoms with E-state index in [0.717, 1.165) is 22.6 Å². The third kappa shape index (κ3) is 3.75. The quantitative estimate of drug-likeness (QED) is 0.836. The van der Waals surface area contributed by atoms with E-state index in [2.05, 4.69) is 23.4 Å². The summed E-state index contributed by atoms with van der Waals surface area (Å²) in [5.41, 5.74) is 4.78. The van der Waals surface area contributed by atoms with Gasteiger partial charge in [-0.1, -0.05) is 17.7 Å². The number of hydrogen-bond donors (Lipinski definition) is 1. The Balaban J connectivity index is 1.61. The molecule has 0 bridgehead atoms. The van der Waals surface area contributed by atoms with E-state index in [-0.39, 0.29) is 18.1 Å². The average molecular weight is 357 g/mol. The summed E-state index contributed by atoms with van der Waals surface area (Å²) in [6, 6.07) is 6.07. The lowest BCUT2D eigenvalue weighted by molar-refractivity contribution is -0.00710. The molecule has 1 aromatic heterocycles. The van der Waals surface area contributed by atoms with Crippen LogP contribution in [-0.4, -0.2) is 34.9 Å². The largest absolute Gasteiger partial charge is 0.491 e. The molecule has 1 N–H and O–H groups in total. The number of rotatable bonds is 5. The maximum Gasteiger partial charge on any atom is 0.269 e. The molecule has 0 unspecified atom stereocenters. The van der Waals surface area contributed by atoms with E-state index >= 15 is 0 Å². The van der Waals surface area contributed by atoms with E-state index in [1.54, 1.807) is 11.7 Å².